The lowest BCUT2D eigenvalue weighted by Crippen LogP contribution is -2.41. The van der Waals surface area contributed by atoms with Crippen molar-refractivity contribution < 1.29 is 8.42 Å². The fourth-order valence-corrected chi connectivity index (χ4v) is 2.51. The Morgan fingerprint density at radius 2 is 1.87 bits per heavy atom. The molecule has 6 heteroatoms. The van der Waals surface area contributed by atoms with Crippen LogP contribution in [0.2, 0.25) is 0 Å². The normalized spacial score (nSPS) is 13.5. The van der Waals surface area contributed by atoms with Gasteiger partial charge in [-0.25, -0.2) is 13.1 Å². The third kappa shape index (κ3) is 7.72. The molecule has 0 rings (SSSR count). The molecule has 0 radical (unpaired) electrons. The Labute approximate surface area is 93.1 Å². The molecular formula is C9H23N3O2S. The van der Waals surface area contributed by atoms with E-state index >= 15 is 0 Å². The molecule has 0 heterocycles. The van der Waals surface area contributed by atoms with Gasteiger partial charge in [-0.1, -0.05) is 13.8 Å². The van der Waals surface area contributed by atoms with Crippen molar-refractivity contribution in [1.29, 1.82) is 0 Å². The van der Waals surface area contributed by atoms with E-state index < -0.39 is 10.0 Å². The second kappa shape index (κ2) is 5.79. The van der Waals surface area contributed by atoms with Crippen LogP contribution in [-0.2, 0) is 10.0 Å². The van der Waals surface area contributed by atoms with Crippen LogP contribution >= 0.6 is 0 Å². The summed E-state index contributed by atoms with van der Waals surface area (Å²) in [6.07, 6.45) is 0. The Hall–Kier alpha value is -0.170. The highest BCUT2D eigenvalue weighted by Crippen LogP contribution is 2.14. The minimum absolute atomic E-state index is 0.00888. The predicted molar refractivity (Wildman–Crippen MR) is 63.2 cm³/mol. The zero-order chi connectivity index (χ0) is 12.1. The summed E-state index contributed by atoms with van der Waals surface area (Å²) in [5.74, 6) is -0.00888. The van der Waals surface area contributed by atoms with Crippen LogP contribution in [0.4, 0.5) is 0 Å². The first-order valence-electron chi connectivity index (χ1n) is 5.01. The van der Waals surface area contributed by atoms with Crippen molar-refractivity contribution in [3.8, 4) is 0 Å². The number of rotatable bonds is 7. The van der Waals surface area contributed by atoms with E-state index in [-0.39, 0.29) is 17.7 Å². The van der Waals surface area contributed by atoms with Gasteiger partial charge >= 0.3 is 0 Å². The first-order chi connectivity index (χ1) is 6.68. The second-order valence-corrected chi connectivity index (χ2v) is 6.76. The molecule has 92 valence electrons. The number of nitrogens with two attached hydrogens (primary N) is 1. The summed E-state index contributed by atoms with van der Waals surface area (Å²) in [5, 5.41) is 0. The van der Waals surface area contributed by atoms with Gasteiger partial charge in [-0.3, -0.25) is 0 Å². The lowest BCUT2D eigenvalue weighted by Gasteiger charge is -2.28. The van der Waals surface area contributed by atoms with Crippen LogP contribution in [0.3, 0.4) is 0 Å². The highest BCUT2D eigenvalue weighted by molar-refractivity contribution is 7.89. The number of sulfonamides is 1. The first kappa shape index (κ1) is 14.8. The monoisotopic (exact) mass is 237 g/mol. The van der Waals surface area contributed by atoms with Crippen LogP contribution in [0.25, 0.3) is 0 Å². The molecule has 0 atom stereocenters. The Morgan fingerprint density at radius 3 is 2.27 bits per heavy atom. The predicted octanol–water partition coefficient (Wildman–Crippen LogP) is -0.548. The summed E-state index contributed by atoms with van der Waals surface area (Å²) in [4.78, 5) is 2.04. The maximum absolute atomic E-state index is 11.4. The van der Waals surface area contributed by atoms with Crippen molar-refractivity contribution >= 4 is 10.0 Å². The van der Waals surface area contributed by atoms with Gasteiger partial charge in [0.05, 0.1) is 5.75 Å². The molecule has 0 amide bonds. The Balaban J connectivity index is 4.14. The van der Waals surface area contributed by atoms with Crippen molar-refractivity contribution in [2.24, 2.45) is 11.1 Å². The molecule has 0 aromatic carbocycles. The molecule has 0 saturated heterocycles. The third-order valence-corrected chi connectivity index (χ3v) is 3.26. The zero-order valence-corrected chi connectivity index (χ0v) is 10.9. The van der Waals surface area contributed by atoms with E-state index in [0.717, 1.165) is 6.54 Å². The largest absolute Gasteiger partial charge is 0.329 e. The van der Waals surface area contributed by atoms with Crippen molar-refractivity contribution in [1.82, 2.24) is 9.62 Å². The van der Waals surface area contributed by atoms with Crippen LogP contribution < -0.4 is 10.5 Å². The Bertz CT molecular complexity index is 273. The summed E-state index contributed by atoms with van der Waals surface area (Å²) in [5.41, 5.74) is 5.13. The van der Waals surface area contributed by atoms with E-state index in [2.05, 4.69) is 4.72 Å². The van der Waals surface area contributed by atoms with Gasteiger partial charge in [-0.05, 0) is 19.5 Å². The molecule has 0 aromatic heterocycles. The van der Waals surface area contributed by atoms with Gasteiger partial charge in [0.2, 0.25) is 10.0 Å². The van der Waals surface area contributed by atoms with Gasteiger partial charge < -0.3 is 10.6 Å². The second-order valence-electron chi connectivity index (χ2n) is 4.83. The van der Waals surface area contributed by atoms with Crippen LogP contribution in [0.15, 0.2) is 0 Å². The lowest BCUT2D eigenvalue weighted by atomic mass is 9.93. The zero-order valence-electron chi connectivity index (χ0n) is 10.1. The molecule has 3 N–H and O–H groups in total. The maximum atomic E-state index is 11.4. The topological polar surface area (TPSA) is 75.4 Å². The van der Waals surface area contributed by atoms with Gasteiger partial charge in [0.25, 0.3) is 0 Å². The first-order valence-corrected chi connectivity index (χ1v) is 6.66. The standard InChI is InChI=1S/C9H23N3O2S/c1-9(2,8-12(3)4)7-11-15(13,14)6-5-10/h11H,5-8,10H2,1-4H3. The molecule has 0 saturated carbocycles. The van der Waals surface area contributed by atoms with E-state index in [0.29, 0.717) is 6.54 Å². The van der Waals surface area contributed by atoms with Gasteiger partial charge in [0.1, 0.15) is 0 Å². The fraction of sp³-hybridized carbons (Fsp3) is 1.00. The average molecular weight is 237 g/mol. The summed E-state index contributed by atoms with van der Waals surface area (Å²) in [7, 11) is 0.743. The van der Waals surface area contributed by atoms with E-state index in [9.17, 15) is 8.42 Å². The minimum atomic E-state index is -3.19. The highest BCUT2D eigenvalue weighted by atomic mass is 32.2. The minimum Gasteiger partial charge on any atom is -0.329 e. The van der Waals surface area contributed by atoms with Crippen LogP contribution in [0, 0.1) is 5.41 Å². The van der Waals surface area contributed by atoms with E-state index in [1.165, 1.54) is 0 Å². The molecule has 0 aliphatic heterocycles. The molecule has 0 aliphatic carbocycles. The quantitative estimate of drug-likeness (QED) is 0.623. The Morgan fingerprint density at radius 1 is 1.33 bits per heavy atom. The van der Waals surface area contributed by atoms with Crippen LogP contribution in [0.5, 0.6) is 0 Å². The molecule has 0 fully saturated rings. The van der Waals surface area contributed by atoms with Gasteiger partial charge in [-0.15, -0.1) is 0 Å². The van der Waals surface area contributed by atoms with Gasteiger partial charge in [0, 0.05) is 19.6 Å². The number of nitrogens with zero attached hydrogens (tertiary/aromatic N) is 1. The lowest BCUT2D eigenvalue weighted by molar-refractivity contribution is 0.242. The number of hydrogen-bond donors (Lipinski definition) is 2. The Kier molecular flexibility index (Phi) is 5.72. The third-order valence-electron chi connectivity index (χ3n) is 1.90. The summed E-state index contributed by atoms with van der Waals surface area (Å²) in [6, 6.07) is 0. The fourth-order valence-electron chi connectivity index (χ4n) is 1.44. The summed E-state index contributed by atoms with van der Waals surface area (Å²) >= 11 is 0. The van der Waals surface area contributed by atoms with Gasteiger partial charge in [0.15, 0.2) is 0 Å². The maximum Gasteiger partial charge on any atom is 0.212 e. The number of hydrogen-bond acceptors (Lipinski definition) is 4. The van der Waals surface area contributed by atoms with Crippen LogP contribution in [-0.4, -0.2) is 52.8 Å². The van der Waals surface area contributed by atoms with Crippen molar-refractivity contribution in [3.05, 3.63) is 0 Å². The van der Waals surface area contributed by atoms with E-state index in [4.69, 9.17) is 5.73 Å². The van der Waals surface area contributed by atoms with Gasteiger partial charge in [-0.2, -0.15) is 0 Å². The molecule has 15 heavy (non-hydrogen) atoms. The van der Waals surface area contributed by atoms with Crippen LogP contribution in [0.1, 0.15) is 13.8 Å². The molecule has 0 bridgehead atoms. The molecule has 0 spiro atoms. The summed E-state index contributed by atoms with van der Waals surface area (Å²) < 4.78 is 25.3. The average Bonchev–Trinajstić information content (AvgIpc) is 1.99. The van der Waals surface area contributed by atoms with Crippen molar-refractivity contribution in [3.63, 3.8) is 0 Å². The van der Waals surface area contributed by atoms with Crippen molar-refractivity contribution in [2.75, 3.05) is 39.5 Å². The SMILES string of the molecule is CN(C)CC(C)(C)CNS(=O)(=O)CCN. The molecule has 0 aromatic rings. The summed E-state index contributed by atoms with van der Waals surface area (Å²) in [6.45, 7) is 5.48. The van der Waals surface area contributed by atoms with Crippen molar-refractivity contribution in [2.45, 2.75) is 13.8 Å². The van der Waals surface area contributed by atoms with E-state index in [1.807, 2.05) is 32.8 Å². The molecule has 5 nitrogen and oxygen atoms in total. The molecule has 0 aliphatic rings. The number of nitrogens with one attached hydrogen (secondary N) is 1. The van der Waals surface area contributed by atoms with E-state index in [1.54, 1.807) is 0 Å². The highest BCUT2D eigenvalue weighted by Gasteiger charge is 2.21. The smallest absolute Gasteiger partial charge is 0.212 e. The molecular weight excluding hydrogens is 214 g/mol. The molecule has 0 unspecified atom stereocenters.